The van der Waals surface area contributed by atoms with Crippen LogP contribution in [-0.4, -0.2) is 15.9 Å². The molecular formula is C12H11Cl2N3O. The van der Waals surface area contributed by atoms with Gasteiger partial charge in [-0.15, -0.1) is 0 Å². The summed E-state index contributed by atoms with van der Waals surface area (Å²) in [6.45, 7) is 2.43. The van der Waals surface area contributed by atoms with Crippen molar-refractivity contribution in [3.8, 4) is 0 Å². The summed E-state index contributed by atoms with van der Waals surface area (Å²) < 4.78 is 0. The maximum absolute atomic E-state index is 11.7. The molecule has 1 aromatic heterocycles. The Bertz CT molecular complexity index is 544. The van der Waals surface area contributed by atoms with Crippen LogP contribution in [0.3, 0.4) is 0 Å². The van der Waals surface area contributed by atoms with E-state index >= 15 is 0 Å². The fraction of sp³-hybridized carbons (Fsp3) is 0.167. The lowest BCUT2D eigenvalue weighted by Gasteiger charge is -2.03. The topological polar surface area (TPSA) is 57.8 Å². The van der Waals surface area contributed by atoms with Crippen molar-refractivity contribution in [2.24, 2.45) is 0 Å². The quantitative estimate of drug-likeness (QED) is 0.910. The lowest BCUT2D eigenvalue weighted by Crippen LogP contribution is -2.23. The second kappa shape index (κ2) is 5.42. The van der Waals surface area contributed by atoms with E-state index in [1.54, 1.807) is 0 Å². The number of rotatable bonds is 3. The summed E-state index contributed by atoms with van der Waals surface area (Å²) in [7, 11) is 0. The van der Waals surface area contributed by atoms with Crippen LogP contribution in [0.2, 0.25) is 10.3 Å². The van der Waals surface area contributed by atoms with Crippen molar-refractivity contribution in [3.05, 3.63) is 51.5 Å². The molecule has 1 heterocycles. The van der Waals surface area contributed by atoms with Crippen molar-refractivity contribution in [2.45, 2.75) is 13.5 Å². The Morgan fingerprint density at radius 2 is 2.00 bits per heavy atom. The number of amides is 1. The molecular weight excluding hydrogens is 273 g/mol. The molecule has 0 saturated heterocycles. The van der Waals surface area contributed by atoms with Gasteiger partial charge in [-0.1, -0.05) is 53.0 Å². The normalized spacial score (nSPS) is 10.4. The molecule has 0 spiro atoms. The Morgan fingerprint density at radius 3 is 2.56 bits per heavy atom. The number of aryl methyl sites for hydroxylation is 1. The average molecular weight is 284 g/mol. The smallest absolute Gasteiger partial charge is 0.287 e. The van der Waals surface area contributed by atoms with Crippen molar-refractivity contribution in [3.63, 3.8) is 0 Å². The van der Waals surface area contributed by atoms with E-state index < -0.39 is 0 Å². The molecule has 0 atom stereocenters. The Morgan fingerprint density at radius 1 is 1.33 bits per heavy atom. The fourth-order valence-electron chi connectivity index (χ4n) is 1.41. The van der Waals surface area contributed by atoms with Crippen LogP contribution in [0.25, 0.3) is 0 Å². The number of carbonyl (C=O) groups is 1. The van der Waals surface area contributed by atoms with E-state index in [4.69, 9.17) is 23.2 Å². The zero-order chi connectivity index (χ0) is 13.1. The number of benzene rings is 1. The summed E-state index contributed by atoms with van der Waals surface area (Å²) in [4.78, 5) is 18.1. The molecule has 18 heavy (non-hydrogen) atoms. The molecule has 1 aromatic carbocycles. The predicted molar refractivity (Wildman–Crippen MR) is 71.0 cm³/mol. The zero-order valence-corrected chi connectivity index (χ0v) is 11.1. The van der Waals surface area contributed by atoms with E-state index in [0.717, 1.165) is 5.56 Å². The number of aromatic nitrogens is 2. The lowest BCUT2D eigenvalue weighted by molar-refractivity contribution is 0.0941. The van der Waals surface area contributed by atoms with Crippen molar-refractivity contribution in [1.29, 1.82) is 0 Å². The molecule has 0 radical (unpaired) electrons. The average Bonchev–Trinajstić information content (AvgIpc) is 2.69. The number of hydrogen-bond acceptors (Lipinski definition) is 2. The second-order valence-corrected chi connectivity index (χ2v) is 4.59. The molecule has 0 unspecified atom stereocenters. The van der Waals surface area contributed by atoms with Gasteiger partial charge in [0, 0.05) is 6.54 Å². The Hall–Kier alpha value is -1.52. The van der Waals surface area contributed by atoms with Gasteiger partial charge < -0.3 is 10.3 Å². The summed E-state index contributed by atoms with van der Waals surface area (Å²) >= 11 is 11.3. The van der Waals surface area contributed by atoms with Gasteiger partial charge >= 0.3 is 0 Å². The highest BCUT2D eigenvalue weighted by Gasteiger charge is 2.12. The zero-order valence-electron chi connectivity index (χ0n) is 9.63. The van der Waals surface area contributed by atoms with Crippen LogP contribution in [0.4, 0.5) is 0 Å². The molecule has 2 rings (SSSR count). The number of nitrogens with zero attached hydrogens (tertiary/aromatic N) is 1. The highest BCUT2D eigenvalue weighted by atomic mass is 35.5. The summed E-state index contributed by atoms with van der Waals surface area (Å²) in [5, 5.41) is 2.98. The van der Waals surface area contributed by atoms with E-state index in [2.05, 4.69) is 15.3 Å². The molecule has 4 nitrogen and oxygen atoms in total. The van der Waals surface area contributed by atoms with Gasteiger partial charge in [0.2, 0.25) is 0 Å². The van der Waals surface area contributed by atoms with E-state index in [1.807, 2.05) is 31.2 Å². The van der Waals surface area contributed by atoms with Crippen LogP contribution in [0.15, 0.2) is 24.3 Å². The van der Waals surface area contributed by atoms with Crippen LogP contribution in [-0.2, 0) is 6.54 Å². The third-order valence-electron chi connectivity index (χ3n) is 2.41. The monoisotopic (exact) mass is 283 g/mol. The molecule has 94 valence electrons. The molecule has 1 amide bonds. The van der Waals surface area contributed by atoms with Crippen molar-refractivity contribution in [1.82, 2.24) is 15.3 Å². The van der Waals surface area contributed by atoms with E-state index in [1.165, 1.54) is 5.56 Å². The van der Waals surface area contributed by atoms with Gasteiger partial charge in [-0.25, -0.2) is 4.98 Å². The Labute approximate surface area is 114 Å². The largest absolute Gasteiger partial charge is 0.345 e. The minimum absolute atomic E-state index is 0.0946. The summed E-state index contributed by atoms with van der Waals surface area (Å²) in [5.74, 6) is -0.235. The number of halogens is 2. The first-order chi connectivity index (χ1) is 8.56. The summed E-state index contributed by atoms with van der Waals surface area (Å²) in [5.41, 5.74) is 2.19. The molecule has 0 saturated carbocycles. The van der Waals surface area contributed by atoms with Gasteiger partial charge in [0.05, 0.1) is 0 Å². The third-order valence-corrected chi connectivity index (χ3v) is 3.05. The third kappa shape index (κ3) is 3.03. The second-order valence-electron chi connectivity index (χ2n) is 3.86. The highest BCUT2D eigenvalue weighted by molar-refractivity contribution is 6.40. The van der Waals surface area contributed by atoms with Crippen LogP contribution >= 0.6 is 23.2 Å². The molecule has 2 aromatic rings. The van der Waals surface area contributed by atoms with Gasteiger partial charge in [-0.05, 0) is 12.5 Å². The number of imidazole rings is 1. The van der Waals surface area contributed by atoms with E-state index in [9.17, 15) is 4.79 Å². The van der Waals surface area contributed by atoms with Gasteiger partial charge in [-0.3, -0.25) is 4.79 Å². The molecule has 0 aliphatic carbocycles. The molecule has 6 heteroatoms. The first-order valence-corrected chi connectivity index (χ1v) is 6.06. The predicted octanol–water partition coefficient (Wildman–Crippen LogP) is 2.95. The van der Waals surface area contributed by atoms with Crippen LogP contribution in [0.1, 0.15) is 21.7 Å². The first-order valence-electron chi connectivity index (χ1n) is 5.31. The minimum Gasteiger partial charge on any atom is -0.345 e. The SMILES string of the molecule is Cc1ccc(CNC(=O)c2nc(Cl)c(Cl)[nH]2)cc1. The number of aromatic amines is 1. The van der Waals surface area contributed by atoms with Crippen LogP contribution < -0.4 is 5.32 Å². The molecule has 2 N–H and O–H groups in total. The fourth-order valence-corrected chi connectivity index (χ4v) is 1.67. The maximum atomic E-state index is 11.7. The van der Waals surface area contributed by atoms with Crippen LogP contribution in [0.5, 0.6) is 0 Å². The van der Waals surface area contributed by atoms with Crippen molar-refractivity contribution in [2.75, 3.05) is 0 Å². The van der Waals surface area contributed by atoms with E-state index in [0.29, 0.717) is 6.54 Å². The van der Waals surface area contributed by atoms with Crippen molar-refractivity contribution < 1.29 is 4.79 Å². The number of carbonyl (C=O) groups excluding carboxylic acids is 1. The summed E-state index contributed by atoms with van der Waals surface area (Å²) in [6.07, 6.45) is 0. The Kier molecular flexibility index (Phi) is 3.89. The van der Waals surface area contributed by atoms with Crippen LogP contribution in [0, 0.1) is 6.92 Å². The lowest BCUT2D eigenvalue weighted by atomic mass is 10.1. The standard InChI is InChI=1S/C12H11Cl2N3O/c1-7-2-4-8(5-3-7)6-15-12(18)11-16-9(13)10(14)17-11/h2-5H,6H2,1H3,(H,15,18)(H,16,17). The maximum Gasteiger partial charge on any atom is 0.287 e. The van der Waals surface area contributed by atoms with E-state index in [-0.39, 0.29) is 22.0 Å². The number of nitrogens with one attached hydrogen (secondary N) is 2. The molecule has 0 fully saturated rings. The van der Waals surface area contributed by atoms with Gasteiger partial charge in [0.25, 0.3) is 5.91 Å². The molecule has 0 aliphatic rings. The van der Waals surface area contributed by atoms with Gasteiger partial charge in [-0.2, -0.15) is 0 Å². The highest BCUT2D eigenvalue weighted by Crippen LogP contribution is 2.17. The Balaban J connectivity index is 1.98. The number of H-pyrrole nitrogens is 1. The first kappa shape index (κ1) is 12.9. The minimum atomic E-state index is -0.343. The summed E-state index contributed by atoms with van der Waals surface area (Å²) in [6, 6.07) is 7.89. The van der Waals surface area contributed by atoms with Crippen molar-refractivity contribution >= 4 is 29.1 Å². The van der Waals surface area contributed by atoms with Gasteiger partial charge in [0.1, 0.15) is 5.15 Å². The van der Waals surface area contributed by atoms with Gasteiger partial charge in [0.15, 0.2) is 11.0 Å². The molecule has 0 aliphatic heterocycles. The number of hydrogen-bond donors (Lipinski definition) is 2. The molecule has 0 bridgehead atoms.